The number of aryl methyl sites for hydroxylation is 2. The third-order valence-corrected chi connectivity index (χ3v) is 6.28. The van der Waals surface area contributed by atoms with Gasteiger partial charge in [-0.25, -0.2) is 4.39 Å². The van der Waals surface area contributed by atoms with Crippen LogP contribution in [0.5, 0.6) is 0 Å². The van der Waals surface area contributed by atoms with Gasteiger partial charge < -0.3 is 0 Å². The summed E-state index contributed by atoms with van der Waals surface area (Å²) in [6.45, 7) is 3.30. The molecule has 6 heteroatoms. The second-order valence-electron chi connectivity index (χ2n) is 7.93. The number of halogens is 1. The third-order valence-electron chi connectivity index (χ3n) is 5.69. The molecule has 1 saturated heterocycles. The van der Waals surface area contributed by atoms with Crippen LogP contribution in [0, 0.1) is 18.7 Å². The van der Waals surface area contributed by atoms with E-state index in [-0.39, 0.29) is 22.8 Å². The molecule has 2 fully saturated rings. The molecule has 2 heterocycles. The Hall–Kier alpha value is -1.92. The molecular weight excluding hydrogens is 373 g/mol. The van der Waals surface area contributed by atoms with Crippen molar-refractivity contribution >= 4 is 24.5 Å². The van der Waals surface area contributed by atoms with E-state index in [0.29, 0.717) is 12.1 Å². The van der Waals surface area contributed by atoms with Crippen molar-refractivity contribution in [2.24, 2.45) is 13.0 Å². The molecule has 2 aliphatic rings. The van der Waals surface area contributed by atoms with Crippen LogP contribution in [0.15, 0.2) is 35.9 Å². The zero-order chi connectivity index (χ0) is 19.8. The first-order chi connectivity index (χ1) is 13.4. The number of aromatic nitrogens is 2. The molecule has 1 aliphatic carbocycles. The normalized spacial score (nSPS) is 23.1. The molecule has 0 amide bonds. The molecule has 1 aromatic carbocycles. The molecule has 1 saturated carbocycles. The van der Waals surface area contributed by atoms with Gasteiger partial charge in [0.15, 0.2) is 5.78 Å². The van der Waals surface area contributed by atoms with Crippen LogP contribution in [-0.4, -0.2) is 38.8 Å². The maximum atomic E-state index is 14.6. The van der Waals surface area contributed by atoms with Crippen LogP contribution in [0.4, 0.5) is 4.39 Å². The van der Waals surface area contributed by atoms with Gasteiger partial charge in [-0.15, -0.1) is 0 Å². The van der Waals surface area contributed by atoms with Gasteiger partial charge in [-0.1, -0.05) is 18.2 Å². The molecule has 28 heavy (non-hydrogen) atoms. The molecule has 148 valence electrons. The molecule has 4 rings (SSSR count). The highest BCUT2D eigenvalue weighted by Crippen LogP contribution is 2.39. The van der Waals surface area contributed by atoms with E-state index < -0.39 is 6.04 Å². The number of carbonyl (C=O) groups excluding carboxylic acids is 1. The minimum atomic E-state index is -0.522. The zero-order valence-corrected chi connectivity index (χ0v) is 17.2. The molecular formula is C22H26FN3OS. The van der Waals surface area contributed by atoms with Crippen molar-refractivity contribution < 1.29 is 9.18 Å². The Morgan fingerprint density at radius 2 is 2.07 bits per heavy atom. The lowest BCUT2D eigenvalue weighted by Crippen LogP contribution is -2.42. The number of nitrogens with zero attached hydrogens (tertiary/aromatic N) is 3. The van der Waals surface area contributed by atoms with Gasteiger partial charge in [0.1, 0.15) is 5.82 Å². The van der Waals surface area contributed by atoms with E-state index in [0.717, 1.165) is 42.8 Å². The highest BCUT2D eigenvalue weighted by Gasteiger charge is 2.40. The average molecular weight is 400 g/mol. The first-order valence-corrected chi connectivity index (χ1v) is 10.4. The molecule has 4 nitrogen and oxygen atoms in total. The third kappa shape index (κ3) is 3.94. The first kappa shape index (κ1) is 19.4. The maximum Gasteiger partial charge on any atom is 0.157 e. The first-order valence-electron chi connectivity index (χ1n) is 9.85. The van der Waals surface area contributed by atoms with Crippen molar-refractivity contribution in [1.82, 2.24) is 14.7 Å². The van der Waals surface area contributed by atoms with Crippen molar-refractivity contribution in [1.29, 1.82) is 0 Å². The predicted molar refractivity (Wildman–Crippen MR) is 112 cm³/mol. The number of Topliss-reactive ketones (excluding diaryl/α,β-unsaturated/α-hetero) is 1. The van der Waals surface area contributed by atoms with Gasteiger partial charge in [0.2, 0.25) is 0 Å². The van der Waals surface area contributed by atoms with Crippen molar-refractivity contribution in [3.05, 3.63) is 58.7 Å². The summed E-state index contributed by atoms with van der Waals surface area (Å²) >= 11 is 4.77. The molecule has 2 atom stereocenters. The maximum absolute atomic E-state index is 14.6. The largest absolute Gasteiger partial charge is 0.297 e. The van der Waals surface area contributed by atoms with Gasteiger partial charge in [-0.05, 0) is 50.0 Å². The fourth-order valence-corrected chi connectivity index (χ4v) is 4.30. The van der Waals surface area contributed by atoms with Crippen LogP contribution in [-0.2, 0) is 11.8 Å². The van der Waals surface area contributed by atoms with Crippen molar-refractivity contribution in [3.8, 4) is 0 Å². The van der Waals surface area contributed by atoms with Crippen LogP contribution in [0.2, 0.25) is 0 Å². The lowest BCUT2D eigenvalue weighted by atomic mass is 9.93. The standard InChI is InChI=1S/C22H26FN3OS/c1-14-11-17(25(2)24-14)12-16-13-26(10-9-20(16)28)21(22(27)15-7-8-15)18-5-3-4-6-19(18)23/h3-6,11-12,15,20-21,28H,7-10,13H2,1-2H3/b16-12-. The lowest BCUT2D eigenvalue weighted by Gasteiger charge is -2.37. The topological polar surface area (TPSA) is 38.1 Å². The molecule has 0 bridgehead atoms. The Morgan fingerprint density at radius 1 is 1.32 bits per heavy atom. The Balaban J connectivity index is 1.66. The number of hydrogen-bond donors (Lipinski definition) is 1. The van der Waals surface area contributed by atoms with Gasteiger partial charge in [-0.3, -0.25) is 14.4 Å². The van der Waals surface area contributed by atoms with E-state index >= 15 is 0 Å². The fourth-order valence-electron chi connectivity index (χ4n) is 4.03. The molecule has 1 aromatic heterocycles. The van der Waals surface area contributed by atoms with Crippen LogP contribution in [0.25, 0.3) is 6.08 Å². The number of carbonyl (C=O) groups is 1. The van der Waals surface area contributed by atoms with Crippen LogP contribution in [0.3, 0.4) is 0 Å². The highest BCUT2D eigenvalue weighted by molar-refractivity contribution is 7.81. The fraction of sp³-hybridized carbons (Fsp3) is 0.455. The molecule has 0 spiro atoms. The van der Waals surface area contributed by atoms with E-state index in [1.54, 1.807) is 12.1 Å². The Morgan fingerprint density at radius 3 is 2.71 bits per heavy atom. The number of hydrogen-bond acceptors (Lipinski definition) is 4. The summed E-state index contributed by atoms with van der Waals surface area (Å²) in [6.07, 6.45) is 4.78. The number of rotatable bonds is 5. The zero-order valence-electron chi connectivity index (χ0n) is 16.3. The monoisotopic (exact) mass is 399 g/mol. The van der Waals surface area contributed by atoms with Crippen molar-refractivity contribution in [3.63, 3.8) is 0 Å². The van der Waals surface area contributed by atoms with E-state index in [2.05, 4.69) is 16.1 Å². The van der Waals surface area contributed by atoms with E-state index in [9.17, 15) is 9.18 Å². The molecule has 1 aliphatic heterocycles. The van der Waals surface area contributed by atoms with Gasteiger partial charge in [-0.2, -0.15) is 17.7 Å². The summed E-state index contributed by atoms with van der Waals surface area (Å²) in [5.74, 6) is -0.0776. The van der Waals surface area contributed by atoms with Crippen molar-refractivity contribution in [2.45, 2.75) is 37.5 Å². The van der Waals surface area contributed by atoms with E-state index in [1.165, 1.54) is 6.07 Å². The van der Waals surface area contributed by atoms with Crippen LogP contribution >= 0.6 is 12.6 Å². The molecule has 0 N–H and O–H groups in total. The lowest BCUT2D eigenvalue weighted by molar-refractivity contribution is -0.126. The minimum absolute atomic E-state index is 0.0745. The second-order valence-corrected chi connectivity index (χ2v) is 8.55. The average Bonchev–Trinajstić information content (AvgIpc) is 3.45. The number of likely N-dealkylation sites (tertiary alicyclic amines) is 1. The summed E-state index contributed by atoms with van der Waals surface area (Å²) in [4.78, 5) is 15.2. The van der Waals surface area contributed by atoms with Gasteiger partial charge in [0.05, 0.1) is 17.4 Å². The number of benzene rings is 1. The summed E-state index contributed by atoms with van der Waals surface area (Å²) in [6, 6.07) is 8.20. The molecule has 2 aromatic rings. The summed E-state index contributed by atoms with van der Waals surface area (Å²) in [5, 5.41) is 4.53. The molecule has 2 unspecified atom stereocenters. The summed E-state index contributed by atoms with van der Waals surface area (Å²) in [5.41, 5.74) is 3.62. The quantitative estimate of drug-likeness (QED) is 0.773. The van der Waals surface area contributed by atoms with E-state index in [4.69, 9.17) is 12.6 Å². The number of ketones is 1. The summed E-state index contributed by atoms with van der Waals surface area (Å²) in [7, 11) is 1.92. The highest BCUT2D eigenvalue weighted by atomic mass is 32.1. The van der Waals surface area contributed by atoms with E-state index in [1.807, 2.05) is 30.8 Å². The van der Waals surface area contributed by atoms with Crippen LogP contribution < -0.4 is 0 Å². The number of thiol groups is 1. The van der Waals surface area contributed by atoms with Gasteiger partial charge in [0.25, 0.3) is 0 Å². The second kappa shape index (κ2) is 7.84. The Labute approximate surface area is 170 Å². The molecule has 0 radical (unpaired) electrons. The van der Waals surface area contributed by atoms with Gasteiger partial charge >= 0.3 is 0 Å². The van der Waals surface area contributed by atoms with Gasteiger partial charge in [0, 0.05) is 36.9 Å². The minimum Gasteiger partial charge on any atom is -0.297 e. The smallest absolute Gasteiger partial charge is 0.157 e. The number of piperidine rings is 1. The Bertz CT molecular complexity index is 918. The summed E-state index contributed by atoms with van der Waals surface area (Å²) < 4.78 is 16.4. The predicted octanol–water partition coefficient (Wildman–Crippen LogP) is 3.98. The van der Waals surface area contributed by atoms with Crippen LogP contribution in [0.1, 0.15) is 42.3 Å². The SMILES string of the molecule is Cc1cc(/C=C2/CN(C(C(=O)C3CC3)c3ccccc3F)CCC2S)n(C)n1. The van der Waals surface area contributed by atoms with Crippen molar-refractivity contribution in [2.75, 3.05) is 13.1 Å². The Kier molecular flexibility index (Phi) is 5.43.